The Balaban J connectivity index is 1.82. The van der Waals surface area contributed by atoms with Gasteiger partial charge in [0.05, 0.1) is 7.11 Å². The third-order valence-corrected chi connectivity index (χ3v) is 4.60. The van der Waals surface area contributed by atoms with E-state index in [1.54, 1.807) is 7.11 Å². The zero-order valence-electron chi connectivity index (χ0n) is 11.2. The third-order valence-electron chi connectivity index (χ3n) is 4.60. The molecular weight excluding hydrogens is 224 g/mol. The van der Waals surface area contributed by atoms with Gasteiger partial charge in [-0.15, -0.1) is 0 Å². The van der Waals surface area contributed by atoms with Crippen LogP contribution >= 0.6 is 0 Å². The van der Waals surface area contributed by atoms with Crippen LogP contribution in [0.4, 0.5) is 0 Å². The maximum atomic E-state index is 5.24. The van der Waals surface area contributed by atoms with Crippen molar-refractivity contribution in [1.82, 2.24) is 10.2 Å². The lowest BCUT2D eigenvalue weighted by Crippen LogP contribution is -2.43. The van der Waals surface area contributed by atoms with Gasteiger partial charge in [0.2, 0.25) is 0 Å². The number of nitrogens with zero attached hydrogens (tertiary/aromatic N) is 1. The molecule has 0 bridgehead atoms. The zero-order chi connectivity index (χ0) is 12.5. The second-order valence-electron chi connectivity index (χ2n) is 5.54. The van der Waals surface area contributed by atoms with E-state index in [9.17, 15) is 0 Å². The summed E-state index contributed by atoms with van der Waals surface area (Å²) in [6.45, 7) is 3.51. The van der Waals surface area contributed by atoms with Crippen LogP contribution in [-0.2, 0) is 0 Å². The van der Waals surface area contributed by atoms with E-state index < -0.39 is 0 Å². The molecule has 2 aliphatic heterocycles. The smallest absolute Gasteiger partial charge is 0.118 e. The topological polar surface area (TPSA) is 24.5 Å². The molecule has 3 heteroatoms. The van der Waals surface area contributed by atoms with Crippen LogP contribution in [0, 0.1) is 5.92 Å². The van der Waals surface area contributed by atoms with Crippen molar-refractivity contribution in [3.63, 3.8) is 0 Å². The van der Waals surface area contributed by atoms with Crippen molar-refractivity contribution < 1.29 is 4.74 Å². The minimum Gasteiger partial charge on any atom is -0.497 e. The van der Waals surface area contributed by atoms with E-state index in [0.717, 1.165) is 24.3 Å². The quantitative estimate of drug-likeness (QED) is 0.859. The molecule has 3 atom stereocenters. The number of rotatable bonds is 2. The number of piperidine rings is 1. The van der Waals surface area contributed by atoms with E-state index in [0.29, 0.717) is 5.92 Å². The average Bonchev–Trinajstić information content (AvgIpc) is 2.77. The molecule has 0 saturated carbocycles. The first-order chi connectivity index (χ1) is 8.79. The van der Waals surface area contributed by atoms with Crippen molar-refractivity contribution in [2.45, 2.75) is 18.4 Å². The van der Waals surface area contributed by atoms with Gasteiger partial charge in [0.25, 0.3) is 0 Å². The minimum absolute atomic E-state index is 0.665. The summed E-state index contributed by atoms with van der Waals surface area (Å²) in [5.41, 5.74) is 1.46. The van der Waals surface area contributed by atoms with Gasteiger partial charge in [0, 0.05) is 25.0 Å². The van der Waals surface area contributed by atoms with Gasteiger partial charge in [-0.3, -0.25) is 0 Å². The molecule has 98 valence electrons. The molecule has 0 aromatic heterocycles. The Hall–Kier alpha value is -1.06. The van der Waals surface area contributed by atoms with Gasteiger partial charge in [0.15, 0.2) is 0 Å². The Morgan fingerprint density at radius 3 is 2.78 bits per heavy atom. The van der Waals surface area contributed by atoms with Crippen molar-refractivity contribution in [3.05, 3.63) is 29.8 Å². The van der Waals surface area contributed by atoms with Crippen molar-refractivity contribution in [2.75, 3.05) is 33.8 Å². The largest absolute Gasteiger partial charge is 0.497 e. The molecule has 0 aliphatic carbocycles. The summed E-state index contributed by atoms with van der Waals surface area (Å²) in [6, 6.07) is 9.39. The van der Waals surface area contributed by atoms with E-state index in [-0.39, 0.29) is 0 Å². The van der Waals surface area contributed by atoms with Gasteiger partial charge in [-0.2, -0.15) is 0 Å². The number of nitrogens with one attached hydrogen (secondary N) is 1. The van der Waals surface area contributed by atoms with Crippen LogP contribution in [0.25, 0.3) is 0 Å². The lowest BCUT2D eigenvalue weighted by Gasteiger charge is -2.31. The lowest BCUT2D eigenvalue weighted by molar-refractivity contribution is 0.223. The second kappa shape index (κ2) is 4.90. The van der Waals surface area contributed by atoms with E-state index in [4.69, 9.17) is 4.74 Å². The fourth-order valence-corrected chi connectivity index (χ4v) is 3.61. The van der Waals surface area contributed by atoms with E-state index in [1.807, 2.05) is 0 Å². The van der Waals surface area contributed by atoms with Crippen molar-refractivity contribution in [1.29, 1.82) is 0 Å². The van der Waals surface area contributed by atoms with Gasteiger partial charge >= 0.3 is 0 Å². The first kappa shape index (κ1) is 12.0. The highest BCUT2D eigenvalue weighted by atomic mass is 16.5. The number of likely N-dealkylation sites (N-methyl/N-ethyl adjacent to an activating group) is 1. The molecule has 1 aromatic carbocycles. The molecule has 3 nitrogen and oxygen atoms in total. The lowest BCUT2D eigenvalue weighted by atomic mass is 9.82. The Morgan fingerprint density at radius 1 is 1.28 bits per heavy atom. The standard InChI is InChI=1S/C15H22N2O/c1-17-10-14(13-9-16-8-7-15(13)17)11-3-5-12(18-2)6-4-11/h3-6,13-16H,7-10H2,1-2H3/t13?,14-,15?/m1/s1. The number of hydrogen-bond acceptors (Lipinski definition) is 3. The maximum Gasteiger partial charge on any atom is 0.118 e. The summed E-state index contributed by atoms with van der Waals surface area (Å²) >= 11 is 0. The molecule has 0 radical (unpaired) electrons. The number of methoxy groups -OCH3 is 1. The van der Waals surface area contributed by atoms with Crippen LogP contribution in [0.3, 0.4) is 0 Å². The SMILES string of the molecule is COc1ccc([C@H]2CN(C)C3CCNCC32)cc1. The highest BCUT2D eigenvalue weighted by Crippen LogP contribution is 2.39. The van der Waals surface area contributed by atoms with E-state index in [2.05, 4.69) is 41.5 Å². The zero-order valence-corrected chi connectivity index (χ0v) is 11.2. The average molecular weight is 246 g/mol. The monoisotopic (exact) mass is 246 g/mol. The van der Waals surface area contributed by atoms with Gasteiger partial charge in [-0.05, 0) is 43.6 Å². The van der Waals surface area contributed by atoms with Gasteiger partial charge in [-0.25, -0.2) is 0 Å². The third kappa shape index (κ3) is 2.02. The number of ether oxygens (including phenoxy) is 1. The Bertz CT molecular complexity index is 403. The molecular formula is C15H22N2O. The number of fused-ring (bicyclic) bond motifs is 1. The van der Waals surface area contributed by atoms with Gasteiger partial charge < -0.3 is 15.0 Å². The minimum atomic E-state index is 0.665. The second-order valence-corrected chi connectivity index (χ2v) is 5.54. The molecule has 2 fully saturated rings. The van der Waals surface area contributed by atoms with Crippen molar-refractivity contribution in [2.24, 2.45) is 5.92 Å². The highest BCUT2D eigenvalue weighted by Gasteiger charge is 2.41. The van der Waals surface area contributed by atoms with Crippen LogP contribution in [-0.4, -0.2) is 44.7 Å². The first-order valence-corrected chi connectivity index (χ1v) is 6.84. The molecule has 1 aromatic rings. The molecule has 0 amide bonds. The van der Waals surface area contributed by atoms with Crippen LogP contribution in [0.1, 0.15) is 17.9 Å². The Morgan fingerprint density at radius 2 is 2.06 bits per heavy atom. The molecule has 0 spiro atoms. The number of hydrogen-bond donors (Lipinski definition) is 1. The van der Waals surface area contributed by atoms with Crippen LogP contribution < -0.4 is 10.1 Å². The number of likely N-dealkylation sites (tertiary alicyclic amines) is 1. The molecule has 3 rings (SSSR count). The molecule has 1 N–H and O–H groups in total. The van der Waals surface area contributed by atoms with Crippen molar-refractivity contribution in [3.8, 4) is 5.75 Å². The van der Waals surface area contributed by atoms with Crippen LogP contribution in [0.5, 0.6) is 5.75 Å². The number of benzene rings is 1. The summed E-state index contributed by atoms with van der Waals surface area (Å²) in [4.78, 5) is 2.54. The summed E-state index contributed by atoms with van der Waals surface area (Å²) < 4.78 is 5.24. The van der Waals surface area contributed by atoms with Crippen molar-refractivity contribution >= 4 is 0 Å². The predicted molar refractivity (Wildman–Crippen MR) is 73.1 cm³/mol. The summed E-state index contributed by atoms with van der Waals surface area (Å²) in [5.74, 6) is 2.37. The normalized spacial score (nSPS) is 32.2. The molecule has 2 unspecified atom stereocenters. The summed E-state index contributed by atoms with van der Waals surface area (Å²) in [7, 11) is 3.99. The molecule has 2 saturated heterocycles. The maximum absolute atomic E-state index is 5.24. The highest BCUT2D eigenvalue weighted by molar-refractivity contribution is 5.31. The fraction of sp³-hybridized carbons (Fsp3) is 0.600. The fourth-order valence-electron chi connectivity index (χ4n) is 3.61. The molecule has 18 heavy (non-hydrogen) atoms. The first-order valence-electron chi connectivity index (χ1n) is 6.84. The van der Waals surface area contributed by atoms with Gasteiger partial charge in [-0.1, -0.05) is 12.1 Å². The van der Waals surface area contributed by atoms with Crippen LogP contribution in [0.2, 0.25) is 0 Å². The summed E-state index contributed by atoms with van der Waals surface area (Å²) in [6.07, 6.45) is 1.29. The Labute approximate surface area is 109 Å². The predicted octanol–water partition coefficient (Wildman–Crippen LogP) is 1.70. The van der Waals surface area contributed by atoms with Crippen LogP contribution in [0.15, 0.2) is 24.3 Å². The molecule has 2 aliphatic rings. The van der Waals surface area contributed by atoms with Gasteiger partial charge in [0.1, 0.15) is 5.75 Å². The summed E-state index contributed by atoms with van der Waals surface area (Å²) in [5, 5.41) is 3.55. The Kier molecular flexibility index (Phi) is 3.27. The van der Waals surface area contributed by atoms with E-state index in [1.165, 1.54) is 25.1 Å². The molecule has 2 heterocycles. The van der Waals surface area contributed by atoms with E-state index >= 15 is 0 Å².